The van der Waals surface area contributed by atoms with Gasteiger partial charge in [-0.1, -0.05) is 29.8 Å². The van der Waals surface area contributed by atoms with E-state index in [2.05, 4.69) is 25.4 Å². The van der Waals surface area contributed by atoms with Crippen LogP contribution in [0.2, 0.25) is 5.02 Å². The zero-order valence-corrected chi connectivity index (χ0v) is 20.4. The predicted molar refractivity (Wildman–Crippen MR) is 137 cm³/mol. The number of hydrogen-bond acceptors (Lipinski definition) is 7. The van der Waals surface area contributed by atoms with Gasteiger partial charge in [-0.25, -0.2) is 14.4 Å². The van der Waals surface area contributed by atoms with Crippen molar-refractivity contribution >= 4 is 40.2 Å². The van der Waals surface area contributed by atoms with Crippen LogP contribution in [0.5, 0.6) is 5.75 Å². The van der Waals surface area contributed by atoms with Gasteiger partial charge in [0.05, 0.1) is 16.9 Å². The number of carbonyl (C=O) groups excluding carboxylic acids is 1. The summed E-state index contributed by atoms with van der Waals surface area (Å²) in [6, 6.07) is 10.5. The molecule has 37 heavy (non-hydrogen) atoms. The molecule has 0 bridgehead atoms. The molecule has 3 atom stereocenters. The van der Waals surface area contributed by atoms with Gasteiger partial charge in [0.25, 0.3) is 5.91 Å². The van der Waals surface area contributed by atoms with Crippen molar-refractivity contribution in [2.75, 3.05) is 36.5 Å². The summed E-state index contributed by atoms with van der Waals surface area (Å²) < 4.78 is 20.1. The largest absolute Gasteiger partial charge is 0.482 e. The molecule has 4 N–H and O–H groups in total. The average Bonchev–Trinajstić information content (AvgIpc) is 3.38. The normalized spacial score (nSPS) is 24.3. The molecule has 0 spiro atoms. The van der Waals surface area contributed by atoms with E-state index in [1.807, 2.05) is 12.1 Å². The van der Waals surface area contributed by atoms with E-state index in [4.69, 9.17) is 27.1 Å². The number of nitrogens with two attached hydrogens (primary N) is 1. The molecular weight excluding hydrogens is 497 g/mol. The van der Waals surface area contributed by atoms with E-state index in [1.54, 1.807) is 24.4 Å². The maximum Gasteiger partial charge on any atom is 0.262 e. The van der Waals surface area contributed by atoms with Crippen LogP contribution >= 0.6 is 11.6 Å². The minimum Gasteiger partial charge on any atom is -0.482 e. The first-order valence-electron chi connectivity index (χ1n) is 12.2. The highest BCUT2D eigenvalue weighted by atomic mass is 35.5. The van der Waals surface area contributed by atoms with Crippen molar-refractivity contribution in [1.82, 2.24) is 20.2 Å². The Labute approximate surface area is 216 Å². The number of aromatic nitrogens is 4. The number of piperidine rings is 1. The molecule has 3 aliphatic rings. The number of carbonyl (C=O) groups is 1. The second-order valence-corrected chi connectivity index (χ2v) is 10.2. The quantitative estimate of drug-likeness (QED) is 0.377. The molecule has 0 unspecified atom stereocenters. The van der Waals surface area contributed by atoms with Crippen molar-refractivity contribution in [3.63, 3.8) is 0 Å². The first-order valence-corrected chi connectivity index (χ1v) is 12.6. The summed E-state index contributed by atoms with van der Waals surface area (Å²) in [5.74, 6) is 1.38. The molecule has 4 heterocycles. The van der Waals surface area contributed by atoms with E-state index in [-0.39, 0.29) is 29.7 Å². The Kier molecular flexibility index (Phi) is 4.93. The highest BCUT2D eigenvalue weighted by Gasteiger charge is 2.66. The number of H-pyrrole nitrogens is 1. The van der Waals surface area contributed by atoms with Crippen molar-refractivity contribution in [1.29, 1.82) is 0 Å². The van der Waals surface area contributed by atoms with Gasteiger partial charge in [-0.05, 0) is 42.0 Å². The summed E-state index contributed by atoms with van der Waals surface area (Å²) in [5.41, 5.74) is 9.31. The Morgan fingerprint density at radius 3 is 2.95 bits per heavy atom. The molecule has 0 radical (unpaired) electrons. The van der Waals surface area contributed by atoms with Crippen molar-refractivity contribution in [2.24, 2.45) is 17.6 Å². The minimum absolute atomic E-state index is 0.0469. The smallest absolute Gasteiger partial charge is 0.262 e. The van der Waals surface area contributed by atoms with Gasteiger partial charge >= 0.3 is 0 Å². The molecule has 1 amide bonds. The van der Waals surface area contributed by atoms with Crippen molar-refractivity contribution < 1.29 is 13.9 Å². The fraction of sp³-hybridized carbons (Fsp3) is 0.308. The maximum absolute atomic E-state index is 14.7. The second kappa shape index (κ2) is 8.12. The van der Waals surface area contributed by atoms with Gasteiger partial charge in [-0.15, -0.1) is 0 Å². The molecule has 1 saturated heterocycles. The molecule has 1 saturated carbocycles. The third-order valence-corrected chi connectivity index (χ3v) is 8.50. The monoisotopic (exact) mass is 519 g/mol. The summed E-state index contributed by atoms with van der Waals surface area (Å²) in [7, 11) is 0. The van der Waals surface area contributed by atoms with Crippen LogP contribution in [0.15, 0.2) is 42.6 Å². The lowest BCUT2D eigenvalue weighted by molar-refractivity contribution is -0.118. The van der Waals surface area contributed by atoms with Crippen LogP contribution in [0.25, 0.3) is 22.4 Å². The zero-order valence-electron chi connectivity index (χ0n) is 19.7. The van der Waals surface area contributed by atoms with Gasteiger partial charge in [0.1, 0.15) is 28.6 Å². The molecular formula is C26H23ClFN7O2. The highest BCUT2D eigenvalue weighted by Crippen LogP contribution is 2.63. The van der Waals surface area contributed by atoms with E-state index in [9.17, 15) is 9.18 Å². The van der Waals surface area contributed by atoms with E-state index in [0.29, 0.717) is 57.2 Å². The highest BCUT2D eigenvalue weighted by molar-refractivity contribution is 6.37. The van der Waals surface area contributed by atoms with Crippen molar-refractivity contribution in [3.05, 3.63) is 59.0 Å². The zero-order chi connectivity index (χ0) is 25.3. The van der Waals surface area contributed by atoms with Gasteiger partial charge in [0.15, 0.2) is 6.61 Å². The Bertz CT molecular complexity index is 1580. The molecule has 7 rings (SSSR count). The molecule has 4 aromatic rings. The first-order chi connectivity index (χ1) is 18.0. The predicted octanol–water partition coefficient (Wildman–Crippen LogP) is 3.50. The van der Waals surface area contributed by atoms with Gasteiger partial charge < -0.3 is 20.7 Å². The van der Waals surface area contributed by atoms with E-state index in [0.717, 1.165) is 25.1 Å². The molecule has 2 aromatic carbocycles. The fourth-order valence-corrected chi connectivity index (χ4v) is 6.57. The number of anilines is 2. The lowest BCUT2D eigenvalue weighted by atomic mass is 9.91. The molecule has 11 heteroatoms. The third-order valence-electron chi connectivity index (χ3n) is 8.11. The van der Waals surface area contributed by atoms with E-state index < -0.39 is 0 Å². The van der Waals surface area contributed by atoms with Crippen LogP contribution in [0.3, 0.4) is 0 Å². The number of nitrogens with zero attached hydrogens (tertiary/aromatic N) is 4. The summed E-state index contributed by atoms with van der Waals surface area (Å²) in [6.07, 6.45) is 2.63. The minimum atomic E-state index is -0.334. The summed E-state index contributed by atoms with van der Waals surface area (Å²) in [4.78, 5) is 23.4. The Hall–Kier alpha value is -3.76. The SMILES string of the molecule is NC[C@]1(c2ccccc2F)[C@@H]2CCN(c3cnc4c(-c5ccc6c(c5Cl)NC(=O)CO6)[nH]nc4n3)C[C@@H]21. The number of aromatic amines is 1. The number of halogens is 2. The Balaban J connectivity index is 1.18. The summed E-state index contributed by atoms with van der Waals surface area (Å²) in [6.45, 7) is 1.88. The van der Waals surface area contributed by atoms with Crippen LogP contribution in [0, 0.1) is 17.7 Å². The fourth-order valence-electron chi connectivity index (χ4n) is 6.27. The summed E-state index contributed by atoms with van der Waals surface area (Å²) in [5, 5.41) is 10.5. The number of fused-ring (bicyclic) bond motifs is 3. The molecule has 9 nitrogen and oxygen atoms in total. The Morgan fingerprint density at radius 2 is 2.11 bits per heavy atom. The number of ether oxygens (including phenoxy) is 1. The average molecular weight is 520 g/mol. The van der Waals surface area contributed by atoms with Crippen LogP contribution in [0.4, 0.5) is 15.9 Å². The molecule has 2 aromatic heterocycles. The number of rotatable bonds is 4. The van der Waals surface area contributed by atoms with Gasteiger partial charge in [0, 0.05) is 30.6 Å². The molecule has 1 aliphatic carbocycles. The number of hydrogen-bond donors (Lipinski definition) is 3. The van der Waals surface area contributed by atoms with Crippen LogP contribution in [-0.4, -0.2) is 52.3 Å². The first kappa shape index (κ1) is 22.4. The molecule has 2 aliphatic heterocycles. The van der Waals surface area contributed by atoms with Crippen LogP contribution < -0.4 is 20.7 Å². The van der Waals surface area contributed by atoms with E-state index >= 15 is 0 Å². The van der Waals surface area contributed by atoms with Crippen LogP contribution in [-0.2, 0) is 10.2 Å². The van der Waals surface area contributed by atoms with Crippen molar-refractivity contribution in [2.45, 2.75) is 11.8 Å². The third kappa shape index (κ3) is 3.25. The van der Waals surface area contributed by atoms with Gasteiger partial charge in [0.2, 0.25) is 5.65 Å². The second-order valence-electron chi connectivity index (χ2n) is 9.81. The van der Waals surface area contributed by atoms with Crippen LogP contribution in [0.1, 0.15) is 12.0 Å². The number of amides is 1. The lowest BCUT2D eigenvalue weighted by Gasteiger charge is -2.26. The van der Waals surface area contributed by atoms with E-state index in [1.165, 1.54) is 6.07 Å². The standard InChI is InChI=1S/C26H23ClFN7O2/c27-21-13(5-6-18-23(21)32-20(36)11-37-18)22-24-25(34-33-22)31-19(9-30-24)35-8-7-14-16(10-35)26(14,12-29)15-3-1-2-4-17(15)28/h1-6,9,14,16H,7-8,10-12,29H2,(H,32,36)(H,31,33,34)/t14-,16+,26-/m1/s1. The van der Waals surface area contributed by atoms with Gasteiger partial charge in [-0.3, -0.25) is 9.89 Å². The van der Waals surface area contributed by atoms with Gasteiger partial charge in [-0.2, -0.15) is 5.10 Å². The lowest BCUT2D eigenvalue weighted by Crippen LogP contribution is -2.32. The number of nitrogens with one attached hydrogen (secondary N) is 2. The number of benzene rings is 2. The maximum atomic E-state index is 14.7. The summed E-state index contributed by atoms with van der Waals surface area (Å²) >= 11 is 6.62. The topological polar surface area (TPSA) is 122 Å². The molecule has 188 valence electrons. The Morgan fingerprint density at radius 1 is 1.24 bits per heavy atom. The molecule has 2 fully saturated rings. The van der Waals surface area contributed by atoms with Crippen molar-refractivity contribution in [3.8, 4) is 17.0 Å².